The van der Waals surface area contributed by atoms with Gasteiger partial charge in [0.05, 0.1) is 6.20 Å². The quantitative estimate of drug-likeness (QED) is 0.667. The van der Waals surface area contributed by atoms with Gasteiger partial charge < -0.3 is 5.32 Å². The van der Waals surface area contributed by atoms with E-state index < -0.39 is 0 Å². The molecule has 1 aromatic rings. The summed E-state index contributed by atoms with van der Waals surface area (Å²) < 4.78 is 12.6. The summed E-state index contributed by atoms with van der Waals surface area (Å²) in [6, 6.07) is 1.55. The third kappa shape index (κ3) is 2.41. The molecule has 1 aliphatic rings. The van der Waals surface area contributed by atoms with E-state index >= 15 is 0 Å². The van der Waals surface area contributed by atoms with Crippen LogP contribution in [0.3, 0.4) is 0 Å². The van der Waals surface area contributed by atoms with Gasteiger partial charge in [-0.2, -0.15) is 0 Å². The third-order valence-electron chi connectivity index (χ3n) is 1.85. The monoisotopic (exact) mass is 182 g/mol. The van der Waals surface area contributed by atoms with E-state index in [1.54, 1.807) is 6.07 Å². The molecule has 0 saturated heterocycles. The summed E-state index contributed by atoms with van der Waals surface area (Å²) >= 11 is 0. The zero-order valence-electron chi connectivity index (χ0n) is 8.10. The molecule has 0 aromatic carbocycles. The van der Waals surface area contributed by atoms with Crippen LogP contribution in [0.25, 0.3) is 0 Å². The van der Waals surface area contributed by atoms with E-state index in [0.717, 1.165) is 30.8 Å². The van der Waals surface area contributed by atoms with Crippen molar-refractivity contribution < 1.29 is 4.39 Å². The number of hydrogen-bond donors (Lipinski definition) is 1. The smallest absolute Gasteiger partial charge is 0.141 e. The lowest BCUT2D eigenvalue weighted by atomic mass is 10.1. The van der Waals surface area contributed by atoms with Crippen LogP contribution in [0.15, 0.2) is 12.3 Å². The standard InChI is InChI=1S/C8H9FN2.C2H6/c9-7-4-6-2-1-3-10-8(6)11-5-7;1-2/h4-5H,1-3H2,(H,10,11);1-2H3. The Morgan fingerprint density at radius 1 is 1.46 bits per heavy atom. The van der Waals surface area contributed by atoms with Crippen molar-refractivity contribution in [1.82, 2.24) is 4.98 Å². The highest BCUT2D eigenvalue weighted by Gasteiger charge is 2.09. The van der Waals surface area contributed by atoms with Gasteiger partial charge in [0.15, 0.2) is 0 Å². The number of fused-ring (bicyclic) bond motifs is 1. The number of nitrogens with zero attached hydrogens (tertiary/aromatic N) is 1. The minimum atomic E-state index is -0.243. The van der Waals surface area contributed by atoms with Crippen LogP contribution in [-0.2, 0) is 6.42 Å². The van der Waals surface area contributed by atoms with Crippen LogP contribution in [0, 0.1) is 5.82 Å². The normalized spacial score (nSPS) is 13.5. The second-order valence-electron chi connectivity index (χ2n) is 2.69. The summed E-state index contributed by atoms with van der Waals surface area (Å²) in [6.07, 6.45) is 3.25. The predicted octanol–water partition coefficient (Wildman–Crippen LogP) is 2.61. The number of aryl methyl sites for hydroxylation is 1. The van der Waals surface area contributed by atoms with E-state index in [2.05, 4.69) is 10.3 Å². The van der Waals surface area contributed by atoms with Crippen LogP contribution < -0.4 is 5.32 Å². The summed E-state index contributed by atoms with van der Waals surface area (Å²) in [5.41, 5.74) is 0.997. The van der Waals surface area contributed by atoms with E-state index in [0.29, 0.717) is 0 Å². The second kappa shape index (κ2) is 4.80. The van der Waals surface area contributed by atoms with Gasteiger partial charge in [0, 0.05) is 6.54 Å². The average Bonchev–Trinajstić information content (AvgIpc) is 2.21. The summed E-state index contributed by atoms with van der Waals surface area (Å²) in [5.74, 6) is 0.602. The Hall–Kier alpha value is -1.12. The van der Waals surface area contributed by atoms with Crippen molar-refractivity contribution >= 4 is 5.82 Å². The van der Waals surface area contributed by atoms with Crippen LogP contribution in [0.5, 0.6) is 0 Å². The number of hydrogen-bond acceptors (Lipinski definition) is 2. The van der Waals surface area contributed by atoms with Crippen molar-refractivity contribution in [3.63, 3.8) is 0 Å². The summed E-state index contributed by atoms with van der Waals surface area (Å²) in [4.78, 5) is 3.93. The van der Waals surface area contributed by atoms with Gasteiger partial charge in [-0.15, -0.1) is 0 Å². The van der Waals surface area contributed by atoms with Crippen LogP contribution in [0.4, 0.5) is 10.2 Å². The lowest BCUT2D eigenvalue weighted by molar-refractivity contribution is 0.616. The highest BCUT2D eigenvalue weighted by Crippen LogP contribution is 2.18. The van der Waals surface area contributed by atoms with Crippen LogP contribution in [0.2, 0.25) is 0 Å². The number of pyridine rings is 1. The Balaban J connectivity index is 0.000000396. The van der Waals surface area contributed by atoms with E-state index in [9.17, 15) is 4.39 Å². The van der Waals surface area contributed by atoms with Gasteiger partial charge in [-0.05, 0) is 24.5 Å². The molecule has 72 valence electrons. The molecule has 2 nitrogen and oxygen atoms in total. The maximum absolute atomic E-state index is 12.6. The molecule has 2 heterocycles. The zero-order valence-corrected chi connectivity index (χ0v) is 8.10. The predicted molar refractivity (Wildman–Crippen MR) is 52.4 cm³/mol. The molecular weight excluding hydrogens is 167 g/mol. The molecule has 3 heteroatoms. The number of aromatic nitrogens is 1. The molecule has 0 bridgehead atoms. The Labute approximate surface area is 78.2 Å². The van der Waals surface area contributed by atoms with Crippen molar-refractivity contribution in [1.29, 1.82) is 0 Å². The highest BCUT2D eigenvalue weighted by molar-refractivity contribution is 5.45. The first-order valence-electron chi connectivity index (χ1n) is 4.74. The first-order valence-corrected chi connectivity index (χ1v) is 4.74. The van der Waals surface area contributed by atoms with Gasteiger partial charge >= 0.3 is 0 Å². The first-order chi connectivity index (χ1) is 6.36. The van der Waals surface area contributed by atoms with Gasteiger partial charge in [-0.1, -0.05) is 13.8 Å². The lowest BCUT2D eigenvalue weighted by Gasteiger charge is -2.15. The van der Waals surface area contributed by atoms with Crippen molar-refractivity contribution in [3.8, 4) is 0 Å². The fourth-order valence-corrected chi connectivity index (χ4v) is 1.32. The second-order valence-corrected chi connectivity index (χ2v) is 2.69. The Morgan fingerprint density at radius 2 is 2.23 bits per heavy atom. The van der Waals surface area contributed by atoms with Crippen molar-refractivity contribution in [2.75, 3.05) is 11.9 Å². The van der Waals surface area contributed by atoms with Crippen molar-refractivity contribution in [2.24, 2.45) is 0 Å². The summed E-state index contributed by atoms with van der Waals surface area (Å²) in [7, 11) is 0. The average molecular weight is 182 g/mol. The number of rotatable bonds is 0. The Bertz CT molecular complexity index is 274. The molecule has 0 radical (unpaired) electrons. The molecule has 0 unspecified atom stereocenters. The van der Waals surface area contributed by atoms with Crippen LogP contribution >= 0.6 is 0 Å². The molecule has 0 fully saturated rings. The molecular formula is C10H15FN2. The minimum Gasteiger partial charge on any atom is -0.370 e. The fourth-order valence-electron chi connectivity index (χ4n) is 1.32. The zero-order chi connectivity index (χ0) is 9.68. The third-order valence-corrected chi connectivity index (χ3v) is 1.85. The topological polar surface area (TPSA) is 24.9 Å². The van der Waals surface area contributed by atoms with Gasteiger partial charge in [-0.3, -0.25) is 0 Å². The molecule has 0 atom stereocenters. The molecule has 1 aliphatic heterocycles. The number of anilines is 1. The van der Waals surface area contributed by atoms with E-state index in [1.165, 1.54) is 6.20 Å². The Kier molecular flexibility index (Phi) is 3.68. The summed E-state index contributed by atoms with van der Waals surface area (Å²) in [6.45, 7) is 4.95. The molecule has 0 spiro atoms. The van der Waals surface area contributed by atoms with Crippen LogP contribution in [-0.4, -0.2) is 11.5 Å². The van der Waals surface area contributed by atoms with E-state index in [1.807, 2.05) is 13.8 Å². The minimum absolute atomic E-state index is 0.243. The molecule has 0 saturated carbocycles. The number of halogens is 1. The maximum Gasteiger partial charge on any atom is 0.141 e. The van der Waals surface area contributed by atoms with E-state index in [4.69, 9.17) is 0 Å². The first kappa shape index (κ1) is 9.96. The molecule has 1 N–H and O–H groups in total. The van der Waals surface area contributed by atoms with Gasteiger partial charge in [0.25, 0.3) is 0 Å². The maximum atomic E-state index is 12.6. The molecule has 0 aliphatic carbocycles. The SMILES string of the molecule is CC.Fc1cnc2c(c1)CCCN2. The fraction of sp³-hybridized carbons (Fsp3) is 0.500. The van der Waals surface area contributed by atoms with Gasteiger partial charge in [0.2, 0.25) is 0 Å². The molecule has 13 heavy (non-hydrogen) atoms. The number of nitrogens with one attached hydrogen (secondary N) is 1. The summed E-state index contributed by atoms with van der Waals surface area (Å²) in [5, 5.41) is 3.11. The lowest BCUT2D eigenvalue weighted by Crippen LogP contribution is -2.13. The highest BCUT2D eigenvalue weighted by atomic mass is 19.1. The van der Waals surface area contributed by atoms with Crippen molar-refractivity contribution in [3.05, 3.63) is 23.6 Å². The molecule has 1 aromatic heterocycles. The largest absolute Gasteiger partial charge is 0.370 e. The van der Waals surface area contributed by atoms with Gasteiger partial charge in [-0.25, -0.2) is 9.37 Å². The molecule has 0 amide bonds. The van der Waals surface area contributed by atoms with E-state index in [-0.39, 0.29) is 5.82 Å². The van der Waals surface area contributed by atoms with Crippen molar-refractivity contribution in [2.45, 2.75) is 26.7 Å². The van der Waals surface area contributed by atoms with Crippen LogP contribution in [0.1, 0.15) is 25.8 Å². The Morgan fingerprint density at radius 3 is 3.00 bits per heavy atom. The van der Waals surface area contributed by atoms with Gasteiger partial charge in [0.1, 0.15) is 11.6 Å². The molecule has 2 rings (SSSR count).